The highest BCUT2D eigenvalue weighted by molar-refractivity contribution is 5.25. The van der Waals surface area contributed by atoms with Crippen molar-refractivity contribution in [3.63, 3.8) is 0 Å². The SMILES string of the molecule is CCCCCCCC(CCCCCCC)CCCc1ccc(O)cc1. The minimum Gasteiger partial charge on any atom is -0.508 e. The van der Waals surface area contributed by atoms with Crippen LogP contribution in [0.15, 0.2) is 24.3 Å². The van der Waals surface area contributed by atoms with Gasteiger partial charge in [-0.15, -0.1) is 0 Å². The zero-order chi connectivity index (χ0) is 18.2. The molecule has 0 spiro atoms. The minimum absolute atomic E-state index is 0.376. The first-order chi connectivity index (χ1) is 12.3. The molecule has 1 aromatic rings. The monoisotopic (exact) mass is 346 g/mol. The summed E-state index contributed by atoms with van der Waals surface area (Å²) in [5, 5.41) is 9.39. The van der Waals surface area contributed by atoms with E-state index in [2.05, 4.69) is 26.0 Å². The molecule has 0 saturated carbocycles. The van der Waals surface area contributed by atoms with E-state index in [1.807, 2.05) is 12.1 Å². The topological polar surface area (TPSA) is 20.2 Å². The van der Waals surface area contributed by atoms with Gasteiger partial charge in [-0.05, 0) is 36.5 Å². The van der Waals surface area contributed by atoms with Crippen LogP contribution in [-0.4, -0.2) is 5.11 Å². The van der Waals surface area contributed by atoms with E-state index in [-0.39, 0.29) is 0 Å². The Morgan fingerprint density at radius 2 is 1.12 bits per heavy atom. The van der Waals surface area contributed by atoms with Crippen LogP contribution in [0.3, 0.4) is 0 Å². The molecular weight excluding hydrogens is 304 g/mol. The van der Waals surface area contributed by atoms with Crippen LogP contribution < -0.4 is 0 Å². The molecule has 144 valence electrons. The first kappa shape index (κ1) is 22.1. The van der Waals surface area contributed by atoms with Crippen LogP contribution in [0.4, 0.5) is 0 Å². The van der Waals surface area contributed by atoms with Crippen molar-refractivity contribution in [2.45, 2.75) is 110 Å². The Balaban J connectivity index is 2.25. The normalized spacial score (nSPS) is 11.3. The molecule has 0 aromatic heterocycles. The second-order valence-electron chi connectivity index (χ2n) is 7.83. The van der Waals surface area contributed by atoms with Crippen LogP contribution >= 0.6 is 0 Å². The van der Waals surface area contributed by atoms with E-state index in [1.54, 1.807) is 0 Å². The lowest BCUT2D eigenvalue weighted by molar-refractivity contribution is 0.373. The average molecular weight is 347 g/mol. The molecule has 0 atom stereocenters. The minimum atomic E-state index is 0.376. The predicted molar refractivity (Wildman–Crippen MR) is 111 cm³/mol. The Labute approximate surface area is 157 Å². The van der Waals surface area contributed by atoms with Gasteiger partial charge >= 0.3 is 0 Å². The Bertz CT molecular complexity index is 381. The highest BCUT2D eigenvalue weighted by Gasteiger charge is 2.09. The van der Waals surface area contributed by atoms with Crippen LogP contribution in [0.5, 0.6) is 5.75 Å². The molecule has 0 aliphatic carbocycles. The van der Waals surface area contributed by atoms with Gasteiger partial charge in [-0.2, -0.15) is 0 Å². The summed E-state index contributed by atoms with van der Waals surface area (Å²) < 4.78 is 0. The number of rotatable bonds is 16. The van der Waals surface area contributed by atoms with Gasteiger partial charge in [0.15, 0.2) is 0 Å². The molecule has 1 N–H and O–H groups in total. The molecule has 0 aliphatic heterocycles. The van der Waals surface area contributed by atoms with Gasteiger partial charge in [-0.3, -0.25) is 0 Å². The van der Waals surface area contributed by atoms with E-state index in [4.69, 9.17) is 0 Å². The van der Waals surface area contributed by atoms with Crippen molar-refractivity contribution in [2.75, 3.05) is 0 Å². The summed E-state index contributed by atoms with van der Waals surface area (Å²) in [6, 6.07) is 7.77. The summed E-state index contributed by atoms with van der Waals surface area (Å²) >= 11 is 0. The maximum absolute atomic E-state index is 9.39. The molecular formula is C24H42O. The zero-order valence-corrected chi connectivity index (χ0v) is 16.9. The summed E-state index contributed by atoms with van der Waals surface area (Å²) in [6.45, 7) is 4.59. The van der Waals surface area contributed by atoms with E-state index in [1.165, 1.54) is 95.5 Å². The van der Waals surface area contributed by atoms with E-state index >= 15 is 0 Å². The van der Waals surface area contributed by atoms with Crippen molar-refractivity contribution in [3.8, 4) is 5.75 Å². The highest BCUT2D eigenvalue weighted by atomic mass is 16.3. The summed E-state index contributed by atoms with van der Waals surface area (Å²) in [6.07, 6.45) is 20.8. The quantitative estimate of drug-likeness (QED) is 0.300. The lowest BCUT2D eigenvalue weighted by Gasteiger charge is -2.17. The highest BCUT2D eigenvalue weighted by Crippen LogP contribution is 2.24. The average Bonchev–Trinajstić information content (AvgIpc) is 2.62. The van der Waals surface area contributed by atoms with Crippen molar-refractivity contribution in [2.24, 2.45) is 5.92 Å². The fourth-order valence-corrected chi connectivity index (χ4v) is 3.76. The Hall–Kier alpha value is -0.980. The van der Waals surface area contributed by atoms with Crippen molar-refractivity contribution in [1.29, 1.82) is 0 Å². The molecule has 1 nitrogen and oxygen atoms in total. The number of aromatic hydroxyl groups is 1. The molecule has 0 heterocycles. The first-order valence-corrected chi connectivity index (χ1v) is 11.0. The van der Waals surface area contributed by atoms with E-state index < -0.39 is 0 Å². The molecule has 0 bridgehead atoms. The lowest BCUT2D eigenvalue weighted by Crippen LogP contribution is -2.02. The number of unbranched alkanes of at least 4 members (excludes halogenated alkanes) is 8. The molecule has 1 rings (SSSR count). The third kappa shape index (κ3) is 12.1. The summed E-state index contributed by atoms with van der Waals surface area (Å²) in [4.78, 5) is 0. The van der Waals surface area contributed by atoms with Gasteiger partial charge in [0.25, 0.3) is 0 Å². The van der Waals surface area contributed by atoms with Gasteiger partial charge in [-0.25, -0.2) is 0 Å². The molecule has 0 unspecified atom stereocenters. The molecule has 0 fully saturated rings. The van der Waals surface area contributed by atoms with E-state index in [0.29, 0.717) is 5.75 Å². The number of phenolic OH excluding ortho intramolecular Hbond substituents is 1. The van der Waals surface area contributed by atoms with Gasteiger partial charge < -0.3 is 5.11 Å². The van der Waals surface area contributed by atoms with Crippen molar-refractivity contribution < 1.29 is 5.11 Å². The summed E-state index contributed by atoms with van der Waals surface area (Å²) in [5.74, 6) is 1.31. The second kappa shape index (κ2) is 15.3. The van der Waals surface area contributed by atoms with Crippen LogP contribution in [0.2, 0.25) is 0 Å². The van der Waals surface area contributed by atoms with E-state index in [0.717, 1.165) is 12.3 Å². The number of hydrogen-bond donors (Lipinski definition) is 1. The van der Waals surface area contributed by atoms with Crippen LogP contribution in [0, 0.1) is 5.92 Å². The molecule has 0 saturated heterocycles. The lowest BCUT2D eigenvalue weighted by atomic mass is 9.89. The maximum atomic E-state index is 9.39. The molecule has 0 aliphatic rings. The number of phenols is 1. The van der Waals surface area contributed by atoms with Crippen molar-refractivity contribution >= 4 is 0 Å². The predicted octanol–water partition coefficient (Wildman–Crippen LogP) is 8.05. The fraction of sp³-hybridized carbons (Fsp3) is 0.750. The Morgan fingerprint density at radius 1 is 0.640 bits per heavy atom. The van der Waals surface area contributed by atoms with Gasteiger partial charge in [0, 0.05) is 0 Å². The van der Waals surface area contributed by atoms with Crippen molar-refractivity contribution in [1.82, 2.24) is 0 Å². The third-order valence-electron chi connectivity index (χ3n) is 5.45. The fourth-order valence-electron chi connectivity index (χ4n) is 3.76. The molecule has 0 amide bonds. The van der Waals surface area contributed by atoms with Crippen molar-refractivity contribution in [3.05, 3.63) is 29.8 Å². The van der Waals surface area contributed by atoms with E-state index in [9.17, 15) is 5.11 Å². The maximum Gasteiger partial charge on any atom is 0.115 e. The molecule has 25 heavy (non-hydrogen) atoms. The second-order valence-corrected chi connectivity index (χ2v) is 7.83. The standard InChI is InChI=1S/C24H42O/c1-3-5-7-9-11-14-22(15-12-10-8-6-4-2)16-13-17-23-18-20-24(25)21-19-23/h18-22,25H,3-17H2,1-2H3. The largest absolute Gasteiger partial charge is 0.508 e. The van der Waals surface area contributed by atoms with Crippen LogP contribution in [-0.2, 0) is 6.42 Å². The Morgan fingerprint density at radius 3 is 1.64 bits per heavy atom. The number of benzene rings is 1. The number of aryl methyl sites for hydroxylation is 1. The molecule has 1 aromatic carbocycles. The molecule has 1 heteroatoms. The van der Waals surface area contributed by atoms with Gasteiger partial charge in [0.05, 0.1) is 0 Å². The van der Waals surface area contributed by atoms with Gasteiger partial charge in [0.1, 0.15) is 5.75 Å². The zero-order valence-electron chi connectivity index (χ0n) is 16.9. The number of hydrogen-bond acceptors (Lipinski definition) is 1. The van der Waals surface area contributed by atoms with Crippen LogP contribution in [0.1, 0.15) is 109 Å². The third-order valence-corrected chi connectivity index (χ3v) is 5.45. The van der Waals surface area contributed by atoms with Crippen LogP contribution in [0.25, 0.3) is 0 Å². The summed E-state index contributed by atoms with van der Waals surface area (Å²) in [5.41, 5.74) is 1.36. The van der Waals surface area contributed by atoms with Gasteiger partial charge in [-0.1, -0.05) is 109 Å². The Kier molecular flexibility index (Phi) is 13.5. The summed E-state index contributed by atoms with van der Waals surface area (Å²) in [7, 11) is 0. The van der Waals surface area contributed by atoms with Gasteiger partial charge in [0.2, 0.25) is 0 Å². The molecule has 0 radical (unpaired) electrons. The first-order valence-electron chi connectivity index (χ1n) is 11.0. The smallest absolute Gasteiger partial charge is 0.115 e.